The lowest BCUT2D eigenvalue weighted by Crippen LogP contribution is -2.14. The summed E-state index contributed by atoms with van der Waals surface area (Å²) in [5.41, 5.74) is 1.57. The van der Waals surface area contributed by atoms with Crippen molar-refractivity contribution in [2.75, 3.05) is 13.7 Å². The number of carbonyl (C=O) groups is 1. The summed E-state index contributed by atoms with van der Waals surface area (Å²) in [5.74, 6) is 0.215. The molecule has 17 heavy (non-hydrogen) atoms. The highest BCUT2D eigenvalue weighted by Gasteiger charge is 2.19. The van der Waals surface area contributed by atoms with Crippen molar-refractivity contribution < 1.29 is 14.3 Å². The molecular formula is C14H20O3. The van der Waals surface area contributed by atoms with E-state index in [0.29, 0.717) is 17.9 Å². The van der Waals surface area contributed by atoms with E-state index in [1.807, 2.05) is 25.1 Å². The van der Waals surface area contributed by atoms with Crippen LogP contribution in [0.2, 0.25) is 0 Å². The van der Waals surface area contributed by atoms with E-state index < -0.39 is 0 Å². The first-order valence-electron chi connectivity index (χ1n) is 5.75. The van der Waals surface area contributed by atoms with Gasteiger partial charge in [-0.2, -0.15) is 0 Å². The fourth-order valence-corrected chi connectivity index (χ4v) is 1.55. The number of esters is 1. The van der Waals surface area contributed by atoms with Crippen molar-refractivity contribution in [3.05, 3.63) is 29.3 Å². The zero-order valence-corrected chi connectivity index (χ0v) is 11.2. The maximum Gasteiger partial charge on any atom is 0.341 e. The van der Waals surface area contributed by atoms with Crippen LogP contribution in [0, 0.1) is 0 Å². The summed E-state index contributed by atoms with van der Waals surface area (Å²) < 4.78 is 10.2. The fourth-order valence-electron chi connectivity index (χ4n) is 1.55. The van der Waals surface area contributed by atoms with E-state index >= 15 is 0 Å². The third-order valence-electron chi connectivity index (χ3n) is 2.55. The topological polar surface area (TPSA) is 35.5 Å². The van der Waals surface area contributed by atoms with Crippen molar-refractivity contribution in [3.63, 3.8) is 0 Å². The van der Waals surface area contributed by atoms with E-state index in [-0.39, 0.29) is 11.4 Å². The zero-order chi connectivity index (χ0) is 13.1. The van der Waals surface area contributed by atoms with Gasteiger partial charge in [0.05, 0.1) is 13.7 Å². The number of hydrogen-bond donors (Lipinski definition) is 0. The van der Waals surface area contributed by atoms with E-state index in [1.165, 1.54) is 7.11 Å². The molecule has 0 bridgehead atoms. The average molecular weight is 236 g/mol. The summed E-state index contributed by atoms with van der Waals surface area (Å²) in [6.45, 7) is 8.72. The van der Waals surface area contributed by atoms with Crippen molar-refractivity contribution in [1.82, 2.24) is 0 Å². The van der Waals surface area contributed by atoms with E-state index in [2.05, 4.69) is 20.8 Å². The van der Waals surface area contributed by atoms with Crippen LogP contribution in [0.1, 0.15) is 43.6 Å². The van der Waals surface area contributed by atoms with E-state index in [4.69, 9.17) is 9.47 Å². The lowest BCUT2D eigenvalue weighted by Gasteiger charge is -2.20. The third-order valence-corrected chi connectivity index (χ3v) is 2.55. The predicted molar refractivity (Wildman–Crippen MR) is 67.7 cm³/mol. The van der Waals surface area contributed by atoms with Gasteiger partial charge in [0.1, 0.15) is 11.3 Å². The molecule has 0 aliphatic carbocycles. The highest BCUT2D eigenvalue weighted by molar-refractivity contribution is 5.92. The van der Waals surface area contributed by atoms with Crippen LogP contribution in [0.15, 0.2) is 18.2 Å². The van der Waals surface area contributed by atoms with Crippen LogP contribution in [0.25, 0.3) is 0 Å². The Morgan fingerprint density at radius 2 is 1.94 bits per heavy atom. The molecule has 94 valence electrons. The molecule has 3 heteroatoms. The minimum absolute atomic E-state index is 0.00643. The Morgan fingerprint density at radius 1 is 1.29 bits per heavy atom. The SMILES string of the molecule is CCOc1ccc(C(C)(C)C)cc1C(=O)OC. The van der Waals surface area contributed by atoms with Gasteiger partial charge in [-0.1, -0.05) is 26.8 Å². The van der Waals surface area contributed by atoms with Gasteiger partial charge in [0.2, 0.25) is 0 Å². The summed E-state index contributed by atoms with van der Waals surface area (Å²) in [6.07, 6.45) is 0. The Hall–Kier alpha value is -1.51. The van der Waals surface area contributed by atoms with Gasteiger partial charge in [0, 0.05) is 0 Å². The first kappa shape index (κ1) is 13.6. The second kappa shape index (κ2) is 5.21. The second-order valence-corrected chi connectivity index (χ2v) is 4.89. The molecule has 0 radical (unpaired) electrons. The third kappa shape index (κ3) is 3.22. The maximum atomic E-state index is 11.7. The van der Waals surface area contributed by atoms with Gasteiger partial charge in [-0.3, -0.25) is 0 Å². The van der Waals surface area contributed by atoms with Gasteiger partial charge in [0.25, 0.3) is 0 Å². The monoisotopic (exact) mass is 236 g/mol. The molecule has 0 saturated heterocycles. The van der Waals surface area contributed by atoms with Crippen LogP contribution >= 0.6 is 0 Å². The molecular weight excluding hydrogens is 216 g/mol. The molecule has 0 heterocycles. The highest BCUT2D eigenvalue weighted by atomic mass is 16.5. The van der Waals surface area contributed by atoms with Crippen LogP contribution in [0.4, 0.5) is 0 Å². The molecule has 0 fully saturated rings. The van der Waals surface area contributed by atoms with Crippen LogP contribution in [-0.4, -0.2) is 19.7 Å². The molecule has 0 aliphatic rings. The molecule has 0 atom stereocenters. The molecule has 0 N–H and O–H groups in total. The molecule has 0 saturated carbocycles. The quantitative estimate of drug-likeness (QED) is 0.756. The number of methoxy groups -OCH3 is 1. The molecule has 1 aromatic rings. The van der Waals surface area contributed by atoms with Gasteiger partial charge >= 0.3 is 5.97 Å². The van der Waals surface area contributed by atoms with Crippen LogP contribution in [-0.2, 0) is 10.2 Å². The van der Waals surface area contributed by atoms with Crippen molar-refractivity contribution in [3.8, 4) is 5.75 Å². The Bertz CT molecular complexity index is 402. The van der Waals surface area contributed by atoms with Crippen LogP contribution < -0.4 is 4.74 Å². The summed E-state index contributed by atoms with van der Waals surface area (Å²) in [4.78, 5) is 11.7. The summed E-state index contributed by atoms with van der Waals surface area (Å²) >= 11 is 0. The van der Waals surface area contributed by atoms with Gasteiger partial charge in [-0.05, 0) is 30.0 Å². The molecule has 0 aliphatic heterocycles. The van der Waals surface area contributed by atoms with Crippen LogP contribution in [0.5, 0.6) is 5.75 Å². The summed E-state index contributed by atoms with van der Waals surface area (Å²) in [7, 11) is 1.38. The lowest BCUT2D eigenvalue weighted by atomic mass is 9.86. The molecule has 0 spiro atoms. The first-order chi connectivity index (χ1) is 7.90. The Morgan fingerprint density at radius 3 is 2.41 bits per heavy atom. The average Bonchev–Trinajstić information content (AvgIpc) is 2.27. The highest BCUT2D eigenvalue weighted by Crippen LogP contribution is 2.28. The van der Waals surface area contributed by atoms with Gasteiger partial charge in [-0.25, -0.2) is 4.79 Å². The van der Waals surface area contributed by atoms with Crippen LogP contribution in [0.3, 0.4) is 0 Å². The molecule has 3 nitrogen and oxygen atoms in total. The standard InChI is InChI=1S/C14H20O3/c1-6-17-12-8-7-10(14(2,3)4)9-11(12)13(15)16-5/h7-9H,6H2,1-5H3. The fraction of sp³-hybridized carbons (Fsp3) is 0.500. The first-order valence-corrected chi connectivity index (χ1v) is 5.75. The molecule has 1 aromatic carbocycles. The Kier molecular flexibility index (Phi) is 4.16. The second-order valence-electron chi connectivity index (χ2n) is 4.89. The maximum absolute atomic E-state index is 11.7. The summed E-state index contributed by atoms with van der Waals surface area (Å²) in [5, 5.41) is 0. The number of benzene rings is 1. The Balaban J connectivity index is 3.24. The molecule has 0 unspecified atom stereocenters. The number of ether oxygens (including phenoxy) is 2. The number of hydrogen-bond acceptors (Lipinski definition) is 3. The van der Waals surface area contributed by atoms with Gasteiger partial charge in [-0.15, -0.1) is 0 Å². The largest absolute Gasteiger partial charge is 0.493 e. The number of carbonyl (C=O) groups excluding carboxylic acids is 1. The van der Waals surface area contributed by atoms with E-state index in [0.717, 1.165) is 5.56 Å². The smallest absolute Gasteiger partial charge is 0.341 e. The molecule has 0 amide bonds. The lowest BCUT2D eigenvalue weighted by molar-refractivity contribution is 0.0596. The zero-order valence-electron chi connectivity index (χ0n) is 11.2. The summed E-state index contributed by atoms with van der Waals surface area (Å²) in [6, 6.07) is 5.66. The van der Waals surface area contributed by atoms with E-state index in [9.17, 15) is 4.79 Å². The predicted octanol–water partition coefficient (Wildman–Crippen LogP) is 3.17. The normalized spacial score (nSPS) is 11.1. The van der Waals surface area contributed by atoms with Crippen molar-refractivity contribution in [2.24, 2.45) is 0 Å². The number of rotatable bonds is 3. The molecule has 0 aromatic heterocycles. The molecule has 1 rings (SSSR count). The minimum atomic E-state index is -0.362. The van der Waals surface area contributed by atoms with Crippen molar-refractivity contribution in [2.45, 2.75) is 33.1 Å². The van der Waals surface area contributed by atoms with Crippen molar-refractivity contribution in [1.29, 1.82) is 0 Å². The minimum Gasteiger partial charge on any atom is -0.493 e. The van der Waals surface area contributed by atoms with Gasteiger partial charge in [0.15, 0.2) is 0 Å². The van der Waals surface area contributed by atoms with E-state index in [1.54, 1.807) is 0 Å². The van der Waals surface area contributed by atoms with Gasteiger partial charge < -0.3 is 9.47 Å². The Labute approximate surface area is 103 Å². The van der Waals surface area contributed by atoms with Crippen molar-refractivity contribution >= 4 is 5.97 Å².